The number of piperazine rings is 1. The van der Waals surface area contributed by atoms with Crippen LogP contribution in [-0.2, 0) is 0 Å². The van der Waals surface area contributed by atoms with Crippen molar-refractivity contribution < 1.29 is 5.11 Å². The highest BCUT2D eigenvalue weighted by atomic mass is 16.3. The van der Waals surface area contributed by atoms with Crippen molar-refractivity contribution in [2.75, 3.05) is 25.0 Å². The molecule has 7 heteroatoms. The molecule has 2 bridgehead atoms. The highest BCUT2D eigenvalue weighted by Gasteiger charge is 2.41. The Hall–Kier alpha value is -4.23. The second-order valence-corrected chi connectivity index (χ2v) is 10.2. The van der Waals surface area contributed by atoms with Crippen LogP contribution in [0, 0.1) is 6.92 Å². The SMILES string of the molecule is Cc1cc(N2C[C@@H]3C[C@@H]2CN3C)ccc1-c1ccnc2c(-c3cccc(O)c3)c(-c3ccncc3)nn12. The predicted octanol–water partition coefficient (Wildman–Crippen LogP) is 5.03. The Morgan fingerprint density at radius 1 is 0.892 bits per heavy atom. The lowest BCUT2D eigenvalue weighted by molar-refractivity contribution is 0.292. The molecule has 0 aliphatic carbocycles. The van der Waals surface area contributed by atoms with Crippen LogP contribution in [0.2, 0.25) is 0 Å². The maximum absolute atomic E-state index is 10.2. The summed E-state index contributed by atoms with van der Waals surface area (Å²) < 4.78 is 1.93. The number of likely N-dealkylation sites (tertiary alicyclic amines) is 1. The second-order valence-electron chi connectivity index (χ2n) is 10.2. The number of nitrogens with zero attached hydrogens (tertiary/aromatic N) is 6. The largest absolute Gasteiger partial charge is 0.508 e. The Kier molecular flexibility index (Phi) is 5.01. The minimum atomic E-state index is 0.210. The van der Waals surface area contributed by atoms with Crippen LogP contribution in [0.25, 0.3) is 39.3 Å². The highest BCUT2D eigenvalue weighted by molar-refractivity contribution is 5.91. The van der Waals surface area contributed by atoms with Crippen molar-refractivity contribution in [3.05, 3.63) is 84.8 Å². The third-order valence-electron chi connectivity index (χ3n) is 7.94. The van der Waals surface area contributed by atoms with Gasteiger partial charge in [-0.15, -0.1) is 0 Å². The van der Waals surface area contributed by atoms with E-state index in [0.29, 0.717) is 12.1 Å². The Morgan fingerprint density at radius 3 is 2.49 bits per heavy atom. The maximum Gasteiger partial charge on any atom is 0.164 e. The number of phenolic OH excluding ortho intramolecular Hbond substituents is 1. The Morgan fingerprint density at radius 2 is 1.76 bits per heavy atom. The van der Waals surface area contributed by atoms with Gasteiger partial charge in [0.05, 0.1) is 11.3 Å². The topological polar surface area (TPSA) is 69.8 Å². The molecular formula is C30H28N6O. The third-order valence-corrected chi connectivity index (χ3v) is 7.94. The monoisotopic (exact) mass is 488 g/mol. The number of benzene rings is 2. The highest BCUT2D eigenvalue weighted by Crippen LogP contribution is 2.39. The molecule has 2 aromatic carbocycles. The zero-order valence-corrected chi connectivity index (χ0v) is 20.9. The summed E-state index contributed by atoms with van der Waals surface area (Å²) in [5.74, 6) is 0.210. The van der Waals surface area contributed by atoms with Gasteiger partial charge in [0, 0.05) is 60.6 Å². The summed E-state index contributed by atoms with van der Waals surface area (Å²) in [6, 6.07) is 21.2. The van der Waals surface area contributed by atoms with Crippen LogP contribution < -0.4 is 4.90 Å². The van der Waals surface area contributed by atoms with Crippen LogP contribution in [0.4, 0.5) is 5.69 Å². The van der Waals surface area contributed by atoms with E-state index >= 15 is 0 Å². The van der Waals surface area contributed by atoms with Crippen LogP contribution in [0.3, 0.4) is 0 Å². The first-order valence-electron chi connectivity index (χ1n) is 12.7. The number of aromatic hydroxyl groups is 1. The molecule has 0 spiro atoms. The summed E-state index contributed by atoms with van der Waals surface area (Å²) in [5.41, 5.74) is 8.88. The van der Waals surface area contributed by atoms with E-state index in [2.05, 4.69) is 47.0 Å². The van der Waals surface area contributed by atoms with E-state index in [1.165, 1.54) is 17.7 Å². The quantitative estimate of drug-likeness (QED) is 0.383. The van der Waals surface area contributed by atoms with Crippen molar-refractivity contribution >= 4 is 11.3 Å². The molecule has 3 aromatic heterocycles. The van der Waals surface area contributed by atoms with Gasteiger partial charge < -0.3 is 10.0 Å². The van der Waals surface area contributed by atoms with Crippen molar-refractivity contribution in [2.24, 2.45) is 0 Å². The van der Waals surface area contributed by atoms with Gasteiger partial charge in [0.15, 0.2) is 5.65 Å². The van der Waals surface area contributed by atoms with E-state index in [0.717, 1.165) is 52.4 Å². The van der Waals surface area contributed by atoms with Gasteiger partial charge in [0.2, 0.25) is 0 Å². The van der Waals surface area contributed by atoms with E-state index < -0.39 is 0 Å². The van der Waals surface area contributed by atoms with Gasteiger partial charge in [0.25, 0.3) is 0 Å². The van der Waals surface area contributed by atoms with E-state index in [1.807, 2.05) is 41.0 Å². The standard InChI is InChI=1S/C30H28N6O/c1-19-14-22(35-18-23-16-24(35)17-34(23)2)6-7-26(19)27-10-13-32-30-28(21-4-3-5-25(37)15-21)29(33-36(27)30)20-8-11-31-12-9-20/h3-15,23-24,37H,16-18H2,1-2H3/t23-,24+/m0/s1. The van der Waals surface area contributed by atoms with Gasteiger partial charge in [-0.25, -0.2) is 9.50 Å². The number of fused-ring (bicyclic) bond motifs is 3. The molecule has 2 fully saturated rings. The number of hydrogen-bond acceptors (Lipinski definition) is 6. The van der Waals surface area contributed by atoms with E-state index in [-0.39, 0.29) is 5.75 Å². The molecule has 5 aromatic rings. The Labute approximate surface area is 215 Å². The lowest BCUT2D eigenvalue weighted by Crippen LogP contribution is -2.44. The van der Waals surface area contributed by atoms with Crippen LogP contribution in [-0.4, -0.2) is 61.8 Å². The fourth-order valence-electron chi connectivity index (χ4n) is 6.08. The molecule has 7 nitrogen and oxygen atoms in total. The first-order valence-corrected chi connectivity index (χ1v) is 12.7. The summed E-state index contributed by atoms with van der Waals surface area (Å²) >= 11 is 0. The molecule has 2 aliphatic rings. The molecule has 2 saturated heterocycles. The number of rotatable bonds is 4. The van der Waals surface area contributed by atoms with Crippen molar-refractivity contribution in [2.45, 2.75) is 25.4 Å². The zero-order valence-electron chi connectivity index (χ0n) is 20.9. The van der Waals surface area contributed by atoms with Crippen molar-refractivity contribution in [1.82, 2.24) is 24.5 Å². The smallest absolute Gasteiger partial charge is 0.164 e. The van der Waals surface area contributed by atoms with Gasteiger partial charge >= 0.3 is 0 Å². The maximum atomic E-state index is 10.2. The van der Waals surface area contributed by atoms with Gasteiger partial charge in [-0.2, -0.15) is 5.10 Å². The van der Waals surface area contributed by atoms with Crippen molar-refractivity contribution in [3.8, 4) is 39.4 Å². The average molecular weight is 489 g/mol. The molecule has 2 aliphatic heterocycles. The average Bonchev–Trinajstić information content (AvgIpc) is 3.61. The lowest BCUT2D eigenvalue weighted by atomic mass is 10.0. The number of phenols is 1. The first kappa shape index (κ1) is 22.0. The molecule has 0 saturated carbocycles. The number of aromatic nitrogens is 4. The van der Waals surface area contributed by atoms with E-state index in [1.54, 1.807) is 24.5 Å². The summed E-state index contributed by atoms with van der Waals surface area (Å²) in [7, 11) is 2.24. The van der Waals surface area contributed by atoms with Gasteiger partial charge in [-0.3, -0.25) is 9.88 Å². The normalized spacial score (nSPS) is 19.2. The minimum Gasteiger partial charge on any atom is -0.508 e. The summed E-state index contributed by atoms with van der Waals surface area (Å²) in [4.78, 5) is 14.0. The number of aryl methyl sites for hydroxylation is 1. The molecule has 0 unspecified atom stereocenters. The molecule has 0 amide bonds. The van der Waals surface area contributed by atoms with E-state index in [4.69, 9.17) is 10.1 Å². The van der Waals surface area contributed by atoms with Crippen LogP contribution in [0.15, 0.2) is 79.3 Å². The zero-order chi connectivity index (χ0) is 25.1. The summed E-state index contributed by atoms with van der Waals surface area (Å²) in [5, 5.41) is 15.3. The Balaban J connectivity index is 1.37. The molecule has 1 N–H and O–H groups in total. The fourth-order valence-corrected chi connectivity index (χ4v) is 6.08. The lowest BCUT2D eigenvalue weighted by Gasteiger charge is -2.34. The summed E-state index contributed by atoms with van der Waals surface area (Å²) in [6.45, 7) is 4.41. The van der Waals surface area contributed by atoms with Gasteiger partial charge in [0.1, 0.15) is 11.4 Å². The number of hydrogen-bond donors (Lipinski definition) is 1. The fraction of sp³-hybridized carbons (Fsp3) is 0.233. The van der Waals surface area contributed by atoms with Crippen LogP contribution >= 0.6 is 0 Å². The molecule has 184 valence electrons. The number of likely N-dealkylation sites (N-methyl/N-ethyl adjacent to an activating group) is 1. The summed E-state index contributed by atoms with van der Waals surface area (Å²) in [6.07, 6.45) is 6.64. The molecule has 2 atom stereocenters. The van der Waals surface area contributed by atoms with Gasteiger partial charge in [-0.1, -0.05) is 18.2 Å². The molecule has 0 radical (unpaired) electrons. The minimum absolute atomic E-state index is 0.210. The number of anilines is 1. The van der Waals surface area contributed by atoms with Gasteiger partial charge in [-0.05, 0) is 74.0 Å². The third kappa shape index (κ3) is 3.57. The Bertz CT molecular complexity index is 1630. The predicted molar refractivity (Wildman–Crippen MR) is 146 cm³/mol. The number of pyridine rings is 1. The van der Waals surface area contributed by atoms with Crippen molar-refractivity contribution in [1.29, 1.82) is 0 Å². The molecule has 7 rings (SSSR count). The molecule has 5 heterocycles. The second kappa shape index (κ2) is 8.42. The van der Waals surface area contributed by atoms with Crippen LogP contribution in [0.1, 0.15) is 12.0 Å². The van der Waals surface area contributed by atoms with Crippen LogP contribution in [0.5, 0.6) is 5.75 Å². The van der Waals surface area contributed by atoms with E-state index in [9.17, 15) is 5.11 Å². The van der Waals surface area contributed by atoms with Crippen molar-refractivity contribution in [3.63, 3.8) is 0 Å². The molecule has 37 heavy (non-hydrogen) atoms. The first-order chi connectivity index (χ1) is 18.1. The molecular weight excluding hydrogens is 460 g/mol.